The summed E-state index contributed by atoms with van der Waals surface area (Å²) >= 11 is 7.37. The number of imidazole rings is 1. The second-order valence-corrected chi connectivity index (χ2v) is 10.3. The molecule has 1 aliphatic rings. The number of nitrogens with zero attached hydrogens (tertiary/aromatic N) is 4. The maximum Gasteiger partial charge on any atom is 0.274 e. The molecule has 202 valence electrons. The average molecular weight is 560 g/mol. The van der Waals surface area contributed by atoms with Crippen LogP contribution in [0.2, 0.25) is 5.02 Å². The van der Waals surface area contributed by atoms with E-state index in [-0.39, 0.29) is 29.5 Å². The van der Waals surface area contributed by atoms with Crippen LogP contribution < -0.4 is 21.7 Å². The lowest BCUT2D eigenvalue weighted by Crippen LogP contribution is -2.45. The second kappa shape index (κ2) is 12.2. The molecule has 0 spiro atoms. The number of pyridine rings is 1. The van der Waals surface area contributed by atoms with Gasteiger partial charge in [-0.25, -0.2) is 9.97 Å². The number of amides is 3. The lowest BCUT2D eigenvalue weighted by Gasteiger charge is -2.22. The lowest BCUT2D eigenvalue weighted by molar-refractivity contribution is -0.122. The van der Waals surface area contributed by atoms with Crippen LogP contribution in [0, 0.1) is 5.41 Å². The van der Waals surface area contributed by atoms with Crippen LogP contribution in [0.5, 0.6) is 0 Å². The van der Waals surface area contributed by atoms with E-state index in [1.165, 1.54) is 18.4 Å². The first-order valence-electron chi connectivity index (χ1n) is 12.3. The molecule has 0 bridgehead atoms. The Hall–Kier alpha value is -3.71. The number of aromatic nitrogens is 3. The Balaban J connectivity index is 1.41. The molecular formula is C24H30ClN9O3S. The van der Waals surface area contributed by atoms with Gasteiger partial charge in [-0.05, 0) is 44.2 Å². The number of carbonyl (C=O) groups is 3. The van der Waals surface area contributed by atoms with Gasteiger partial charge in [0.1, 0.15) is 28.1 Å². The van der Waals surface area contributed by atoms with Crippen molar-refractivity contribution in [2.45, 2.75) is 44.2 Å². The van der Waals surface area contributed by atoms with Crippen molar-refractivity contribution in [2.75, 3.05) is 20.1 Å². The standard InChI is InChI=1S/C24H30ClN9O3S/c1-28-20(35)15(5-2-3-9-29-24(26)27)31-21(36)17-13-38-22(32-17)18-6-4-10-34(18)23(37)16-12-33-11-14(25)7-8-19(33)30-16/h7-8,11-13,15,18H,2-6,9-10H2,1H3,(H,28,35)(H,31,36)(H4,26,27,29). The highest BCUT2D eigenvalue weighted by Crippen LogP contribution is 2.35. The van der Waals surface area contributed by atoms with E-state index in [1.54, 1.807) is 39.2 Å². The number of fused-ring (bicyclic) bond motifs is 1. The zero-order chi connectivity index (χ0) is 27.2. The SMILES string of the molecule is CNC(=O)C(CCCCNC(=N)N)NC(=O)c1csc(C2CCCN2C(=O)c2cn3cc(Cl)ccc3n2)n1. The van der Waals surface area contributed by atoms with E-state index in [4.69, 9.17) is 22.7 Å². The Morgan fingerprint density at radius 1 is 1.24 bits per heavy atom. The molecule has 4 heterocycles. The fourth-order valence-corrected chi connectivity index (χ4v) is 5.51. The number of halogens is 1. The predicted molar refractivity (Wildman–Crippen MR) is 144 cm³/mol. The van der Waals surface area contributed by atoms with Gasteiger partial charge in [-0.3, -0.25) is 19.8 Å². The Morgan fingerprint density at radius 3 is 2.82 bits per heavy atom. The van der Waals surface area contributed by atoms with Crippen LogP contribution in [-0.2, 0) is 4.79 Å². The molecule has 0 radical (unpaired) electrons. The summed E-state index contributed by atoms with van der Waals surface area (Å²) in [6.07, 6.45) is 6.67. The normalized spacial score (nSPS) is 15.8. The third-order valence-corrected chi connectivity index (χ3v) is 7.46. The molecule has 4 rings (SSSR count). The summed E-state index contributed by atoms with van der Waals surface area (Å²) in [4.78, 5) is 49.3. The summed E-state index contributed by atoms with van der Waals surface area (Å²) in [6, 6.07) is 2.50. The molecule has 0 aliphatic carbocycles. The highest BCUT2D eigenvalue weighted by Gasteiger charge is 2.34. The molecule has 12 nitrogen and oxygen atoms in total. The van der Waals surface area contributed by atoms with E-state index < -0.39 is 11.9 Å². The summed E-state index contributed by atoms with van der Waals surface area (Å²) in [5.74, 6) is -1.05. The van der Waals surface area contributed by atoms with Gasteiger partial charge in [-0.2, -0.15) is 0 Å². The largest absolute Gasteiger partial charge is 0.370 e. The minimum atomic E-state index is -0.719. The van der Waals surface area contributed by atoms with Gasteiger partial charge in [0.25, 0.3) is 11.8 Å². The topological polar surface area (TPSA) is 171 Å². The fraction of sp³-hybridized carbons (Fsp3) is 0.417. The number of nitrogens with two attached hydrogens (primary N) is 1. The highest BCUT2D eigenvalue weighted by atomic mass is 35.5. The third-order valence-electron chi connectivity index (χ3n) is 6.29. The Bertz CT molecular complexity index is 1340. The summed E-state index contributed by atoms with van der Waals surface area (Å²) in [5.41, 5.74) is 6.43. The van der Waals surface area contributed by atoms with Crippen molar-refractivity contribution in [1.29, 1.82) is 5.41 Å². The van der Waals surface area contributed by atoms with Gasteiger partial charge >= 0.3 is 0 Å². The monoisotopic (exact) mass is 559 g/mol. The number of unbranched alkanes of at least 4 members (excludes halogenated alkanes) is 1. The number of likely N-dealkylation sites (N-methyl/N-ethyl adjacent to an activating group) is 1. The van der Waals surface area contributed by atoms with E-state index in [9.17, 15) is 14.4 Å². The molecule has 14 heteroatoms. The zero-order valence-electron chi connectivity index (χ0n) is 20.9. The average Bonchev–Trinajstić information content (AvgIpc) is 3.65. The number of hydrogen-bond donors (Lipinski definition) is 5. The van der Waals surface area contributed by atoms with Crippen molar-refractivity contribution < 1.29 is 14.4 Å². The van der Waals surface area contributed by atoms with Crippen molar-refractivity contribution >= 4 is 52.3 Å². The number of nitrogens with one attached hydrogen (secondary N) is 4. The third kappa shape index (κ3) is 6.40. The molecule has 3 aromatic heterocycles. The summed E-state index contributed by atoms with van der Waals surface area (Å²) < 4.78 is 1.72. The summed E-state index contributed by atoms with van der Waals surface area (Å²) in [7, 11) is 1.52. The van der Waals surface area contributed by atoms with E-state index in [0.717, 1.165) is 12.8 Å². The molecule has 0 aromatic carbocycles. The van der Waals surface area contributed by atoms with Crippen molar-refractivity contribution in [2.24, 2.45) is 5.73 Å². The van der Waals surface area contributed by atoms with Crippen LogP contribution in [-0.4, -0.2) is 69.1 Å². The molecule has 6 N–H and O–H groups in total. The van der Waals surface area contributed by atoms with Gasteiger partial charge in [0.05, 0.1) is 11.1 Å². The molecule has 3 amide bonds. The van der Waals surface area contributed by atoms with Gasteiger partial charge in [-0.15, -0.1) is 11.3 Å². The quantitative estimate of drug-likeness (QED) is 0.143. The summed E-state index contributed by atoms with van der Waals surface area (Å²) in [6.45, 7) is 1.08. The van der Waals surface area contributed by atoms with Crippen molar-refractivity contribution in [3.8, 4) is 0 Å². The zero-order valence-corrected chi connectivity index (χ0v) is 22.4. The molecule has 1 fully saturated rings. The van der Waals surface area contributed by atoms with Gasteiger partial charge in [0, 0.05) is 37.9 Å². The molecule has 1 aliphatic heterocycles. The van der Waals surface area contributed by atoms with Crippen molar-refractivity contribution in [3.63, 3.8) is 0 Å². The van der Waals surface area contributed by atoms with Gasteiger partial charge in [0.15, 0.2) is 5.96 Å². The maximum atomic E-state index is 13.3. The Labute approximate surface area is 228 Å². The number of hydrogen-bond acceptors (Lipinski definition) is 7. The first-order chi connectivity index (χ1) is 18.3. The molecule has 2 unspecified atom stereocenters. The minimum absolute atomic E-state index is 0.105. The number of carbonyl (C=O) groups excluding carboxylic acids is 3. The number of rotatable bonds is 10. The molecule has 1 saturated heterocycles. The fourth-order valence-electron chi connectivity index (χ4n) is 4.40. The van der Waals surface area contributed by atoms with E-state index in [1.807, 2.05) is 0 Å². The van der Waals surface area contributed by atoms with Crippen LogP contribution in [0.15, 0.2) is 29.9 Å². The van der Waals surface area contributed by atoms with Crippen molar-refractivity contribution in [3.05, 3.63) is 51.3 Å². The molecule has 0 saturated carbocycles. The molecular weight excluding hydrogens is 530 g/mol. The summed E-state index contributed by atoms with van der Waals surface area (Å²) in [5, 5.41) is 18.1. The van der Waals surface area contributed by atoms with Gasteiger partial charge in [-0.1, -0.05) is 11.6 Å². The second-order valence-electron chi connectivity index (χ2n) is 8.94. The molecule has 2 atom stereocenters. The van der Waals surface area contributed by atoms with Crippen LogP contribution in [0.4, 0.5) is 0 Å². The van der Waals surface area contributed by atoms with Crippen LogP contribution in [0.25, 0.3) is 5.65 Å². The van der Waals surface area contributed by atoms with E-state index in [2.05, 4.69) is 25.9 Å². The van der Waals surface area contributed by atoms with E-state index >= 15 is 0 Å². The number of likely N-dealkylation sites (tertiary alicyclic amines) is 1. The Kier molecular flexibility index (Phi) is 8.79. The minimum Gasteiger partial charge on any atom is -0.370 e. The van der Waals surface area contributed by atoms with Crippen LogP contribution in [0.1, 0.15) is 64.1 Å². The molecule has 38 heavy (non-hydrogen) atoms. The smallest absolute Gasteiger partial charge is 0.274 e. The first-order valence-corrected chi connectivity index (χ1v) is 13.5. The maximum absolute atomic E-state index is 13.3. The number of thiazole rings is 1. The predicted octanol–water partition coefficient (Wildman–Crippen LogP) is 1.92. The van der Waals surface area contributed by atoms with Crippen LogP contribution >= 0.6 is 22.9 Å². The van der Waals surface area contributed by atoms with Crippen molar-refractivity contribution in [1.82, 2.24) is 35.2 Å². The number of guanidine groups is 1. The molecule has 3 aromatic rings. The van der Waals surface area contributed by atoms with E-state index in [0.29, 0.717) is 53.7 Å². The van der Waals surface area contributed by atoms with Gasteiger partial charge in [0.2, 0.25) is 5.91 Å². The highest BCUT2D eigenvalue weighted by molar-refractivity contribution is 7.09. The van der Waals surface area contributed by atoms with Crippen LogP contribution in [0.3, 0.4) is 0 Å². The first kappa shape index (κ1) is 27.3. The van der Waals surface area contributed by atoms with Gasteiger partial charge < -0.3 is 31.0 Å². The lowest BCUT2D eigenvalue weighted by atomic mass is 10.1. The Morgan fingerprint density at radius 2 is 2.05 bits per heavy atom.